The second-order valence-electron chi connectivity index (χ2n) is 1.33. The quantitative estimate of drug-likeness (QED) is 0.339. The van der Waals surface area contributed by atoms with Gasteiger partial charge in [0.05, 0.1) is 0 Å². The molecule has 0 aliphatic rings. The van der Waals surface area contributed by atoms with E-state index in [4.69, 9.17) is 10.2 Å². The lowest BCUT2D eigenvalue weighted by Gasteiger charge is -1.90. The van der Waals surface area contributed by atoms with Gasteiger partial charge in [-0.05, 0) is 0 Å². The van der Waals surface area contributed by atoms with Crippen LogP contribution in [-0.4, -0.2) is 34.9 Å². The zero-order valence-electron chi connectivity index (χ0n) is 4.94. The lowest BCUT2D eigenvalue weighted by molar-refractivity contribution is -0.136. The summed E-state index contributed by atoms with van der Waals surface area (Å²) in [4.78, 5) is 19.5. The zero-order valence-corrected chi connectivity index (χ0v) is 4.94. The fraction of sp³-hybridized carbons (Fsp3) is 0.250. The molecule has 0 bridgehead atoms. The molecule has 0 rings (SSSR count). The SMILES string of the molecule is O=C(O)C=NNCC(=O)O. The fourth-order valence-electron chi connectivity index (χ4n) is 0.214. The van der Waals surface area contributed by atoms with Crippen LogP contribution in [0.25, 0.3) is 0 Å². The Morgan fingerprint density at radius 3 is 2.50 bits per heavy atom. The van der Waals surface area contributed by atoms with Crippen molar-refractivity contribution in [1.29, 1.82) is 0 Å². The average Bonchev–Trinajstić information content (AvgIpc) is 1.79. The molecule has 0 spiro atoms. The molecule has 10 heavy (non-hydrogen) atoms. The van der Waals surface area contributed by atoms with Gasteiger partial charge in [0, 0.05) is 0 Å². The monoisotopic (exact) mass is 146 g/mol. The number of aliphatic carboxylic acids is 2. The third-order valence-corrected chi connectivity index (χ3v) is 0.497. The first kappa shape index (κ1) is 8.41. The second-order valence-corrected chi connectivity index (χ2v) is 1.33. The summed E-state index contributed by atoms with van der Waals surface area (Å²) < 4.78 is 0. The highest BCUT2D eigenvalue weighted by molar-refractivity contribution is 6.21. The molecular formula is C4H6N2O4. The van der Waals surface area contributed by atoms with E-state index in [-0.39, 0.29) is 6.54 Å². The van der Waals surface area contributed by atoms with Crippen LogP contribution in [0.3, 0.4) is 0 Å². The fourth-order valence-corrected chi connectivity index (χ4v) is 0.214. The van der Waals surface area contributed by atoms with Crippen LogP contribution in [0.4, 0.5) is 0 Å². The molecule has 0 amide bonds. The molecule has 0 radical (unpaired) electrons. The van der Waals surface area contributed by atoms with Crippen LogP contribution in [0.5, 0.6) is 0 Å². The maximum atomic E-state index is 9.76. The maximum Gasteiger partial charge on any atom is 0.348 e. The third-order valence-electron chi connectivity index (χ3n) is 0.497. The first-order valence-electron chi connectivity index (χ1n) is 2.33. The Bertz CT molecular complexity index is 165. The molecular weight excluding hydrogens is 140 g/mol. The van der Waals surface area contributed by atoms with E-state index in [0.29, 0.717) is 6.21 Å². The van der Waals surface area contributed by atoms with E-state index in [0.717, 1.165) is 0 Å². The molecule has 0 aromatic carbocycles. The van der Waals surface area contributed by atoms with Crippen LogP contribution in [0.1, 0.15) is 0 Å². The Morgan fingerprint density at radius 1 is 1.50 bits per heavy atom. The van der Waals surface area contributed by atoms with Crippen molar-refractivity contribution in [3.05, 3.63) is 0 Å². The predicted octanol–water partition coefficient (Wildman–Crippen LogP) is -1.27. The molecule has 0 fully saturated rings. The van der Waals surface area contributed by atoms with Gasteiger partial charge in [-0.3, -0.25) is 10.2 Å². The van der Waals surface area contributed by atoms with Crippen LogP contribution in [0.15, 0.2) is 5.10 Å². The van der Waals surface area contributed by atoms with Crippen molar-refractivity contribution in [2.45, 2.75) is 0 Å². The van der Waals surface area contributed by atoms with E-state index in [9.17, 15) is 9.59 Å². The van der Waals surface area contributed by atoms with Crippen LogP contribution in [-0.2, 0) is 9.59 Å². The molecule has 6 heteroatoms. The van der Waals surface area contributed by atoms with E-state index < -0.39 is 11.9 Å². The summed E-state index contributed by atoms with van der Waals surface area (Å²) >= 11 is 0. The van der Waals surface area contributed by atoms with Crippen molar-refractivity contribution >= 4 is 18.2 Å². The minimum atomic E-state index is -1.22. The highest BCUT2D eigenvalue weighted by atomic mass is 16.4. The Balaban J connectivity index is 3.36. The van der Waals surface area contributed by atoms with Crippen LogP contribution in [0, 0.1) is 0 Å². The highest BCUT2D eigenvalue weighted by Gasteiger charge is 1.91. The molecule has 0 aromatic rings. The van der Waals surface area contributed by atoms with E-state index >= 15 is 0 Å². The number of hydrogen-bond acceptors (Lipinski definition) is 4. The molecule has 0 aliphatic heterocycles. The summed E-state index contributed by atoms with van der Waals surface area (Å²) in [7, 11) is 0. The van der Waals surface area contributed by atoms with Crippen molar-refractivity contribution in [3.63, 3.8) is 0 Å². The lowest BCUT2D eigenvalue weighted by Crippen LogP contribution is -2.17. The second kappa shape index (κ2) is 4.30. The van der Waals surface area contributed by atoms with E-state index in [2.05, 4.69) is 5.10 Å². The first-order chi connectivity index (χ1) is 4.63. The molecule has 0 aliphatic carbocycles. The number of hydrogen-bond donors (Lipinski definition) is 3. The first-order valence-corrected chi connectivity index (χ1v) is 2.33. The maximum absolute atomic E-state index is 9.76. The Kier molecular flexibility index (Phi) is 3.62. The van der Waals surface area contributed by atoms with Gasteiger partial charge < -0.3 is 10.2 Å². The van der Waals surface area contributed by atoms with Crippen molar-refractivity contribution in [1.82, 2.24) is 5.43 Å². The van der Waals surface area contributed by atoms with Gasteiger partial charge in [0.25, 0.3) is 0 Å². The van der Waals surface area contributed by atoms with Crippen LogP contribution >= 0.6 is 0 Å². The number of rotatable bonds is 4. The zero-order chi connectivity index (χ0) is 7.98. The number of hydrazone groups is 1. The van der Waals surface area contributed by atoms with Gasteiger partial charge in [0.1, 0.15) is 12.8 Å². The van der Waals surface area contributed by atoms with Gasteiger partial charge in [-0.25, -0.2) is 4.79 Å². The van der Waals surface area contributed by atoms with Crippen molar-refractivity contribution < 1.29 is 19.8 Å². The summed E-state index contributed by atoms with van der Waals surface area (Å²) in [5.41, 5.74) is 2.01. The van der Waals surface area contributed by atoms with Gasteiger partial charge in [0.2, 0.25) is 0 Å². The summed E-state index contributed by atoms with van der Waals surface area (Å²) in [6, 6.07) is 0. The van der Waals surface area contributed by atoms with Crippen molar-refractivity contribution in [2.24, 2.45) is 5.10 Å². The molecule has 0 saturated carbocycles. The number of carboxylic acid groups (broad SMARTS) is 2. The molecule has 3 N–H and O–H groups in total. The number of carboxylic acids is 2. The number of carbonyl (C=O) groups is 2. The van der Waals surface area contributed by atoms with E-state index in [1.165, 1.54) is 0 Å². The normalized spacial score (nSPS) is 9.60. The molecule has 0 saturated heterocycles. The topological polar surface area (TPSA) is 99.0 Å². The molecule has 0 unspecified atom stereocenters. The molecule has 56 valence electrons. The molecule has 0 atom stereocenters. The Labute approximate surface area is 56.2 Å². The van der Waals surface area contributed by atoms with Crippen molar-refractivity contribution in [2.75, 3.05) is 6.54 Å². The predicted molar refractivity (Wildman–Crippen MR) is 31.8 cm³/mol. The molecule has 0 heterocycles. The summed E-state index contributed by atoms with van der Waals surface area (Å²) in [6.45, 7) is -0.385. The smallest absolute Gasteiger partial charge is 0.348 e. The van der Waals surface area contributed by atoms with Gasteiger partial charge >= 0.3 is 11.9 Å². The van der Waals surface area contributed by atoms with Gasteiger partial charge in [-0.2, -0.15) is 5.10 Å². The van der Waals surface area contributed by atoms with Gasteiger partial charge in [-0.15, -0.1) is 0 Å². The number of nitrogens with one attached hydrogen (secondary N) is 1. The molecule has 0 aromatic heterocycles. The minimum absolute atomic E-state index is 0.385. The largest absolute Gasteiger partial charge is 0.480 e. The average molecular weight is 146 g/mol. The van der Waals surface area contributed by atoms with E-state index in [1.54, 1.807) is 0 Å². The van der Waals surface area contributed by atoms with Crippen LogP contribution < -0.4 is 5.43 Å². The highest BCUT2D eigenvalue weighted by Crippen LogP contribution is 1.60. The minimum Gasteiger partial charge on any atom is -0.480 e. The van der Waals surface area contributed by atoms with Gasteiger partial charge in [0.15, 0.2) is 0 Å². The lowest BCUT2D eigenvalue weighted by atomic mass is 10.7. The standard InChI is InChI=1S/C4H6N2O4/c7-3(8)1-5-6-2-4(9)10/h1,6H,2H2,(H,7,8)(H,9,10). The number of nitrogens with zero attached hydrogens (tertiary/aromatic N) is 1. The Hall–Kier alpha value is -1.59. The van der Waals surface area contributed by atoms with Crippen LogP contribution in [0.2, 0.25) is 0 Å². The molecule has 6 nitrogen and oxygen atoms in total. The van der Waals surface area contributed by atoms with E-state index in [1.807, 2.05) is 5.43 Å². The Morgan fingerprint density at radius 2 is 2.10 bits per heavy atom. The summed E-state index contributed by atoms with van der Waals surface area (Å²) in [6.07, 6.45) is 0.572. The summed E-state index contributed by atoms with van der Waals surface area (Å²) in [5, 5.41) is 19.0. The van der Waals surface area contributed by atoms with Gasteiger partial charge in [-0.1, -0.05) is 0 Å². The van der Waals surface area contributed by atoms with Crippen molar-refractivity contribution in [3.8, 4) is 0 Å². The third kappa shape index (κ3) is 6.41. The summed E-state index contributed by atoms with van der Waals surface area (Å²) in [5.74, 6) is -2.32.